The van der Waals surface area contributed by atoms with Gasteiger partial charge in [0.15, 0.2) is 0 Å². The lowest BCUT2D eigenvalue weighted by Crippen LogP contribution is -2.51. The summed E-state index contributed by atoms with van der Waals surface area (Å²) in [7, 11) is -1.46. The van der Waals surface area contributed by atoms with Crippen LogP contribution in [0.25, 0.3) is 0 Å². The van der Waals surface area contributed by atoms with E-state index in [1.807, 2.05) is 44.2 Å². The lowest BCUT2D eigenvalue weighted by molar-refractivity contribution is 0.0930. The standard InChI is InChI=1S/C19H27BN4O3/c1-14(2)10-18(20(26)27)23-12-16(11-15-6-4-3-5-7-15)24-19(25)17-13-21-8-9-22-17/h3-9,13-14,16,18,23,26-27H,10-12H2,1-2H3,(H,24,25)/t16-,18-/m0/s1. The minimum absolute atomic E-state index is 0.240. The van der Waals surface area contributed by atoms with Crippen molar-refractivity contribution < 1.29 is 14.8 Å². The van der Waals surface area contributed by atoms with E-state index < -0.39 is 13.1 Å². The van der Waals surface area contributed by atoms with E-state index >= 15 is 0 Å². The van der Waals surface area contributed by atoms with Crippen molar-refractivity contribution in [2.45, 2.75) is 38.7 Å². The molecular formula is C19H27BN4O3. The lowest BCUT2D eigenvalue weighted by atomic mass is 9.75. The highest BCUT2D eigenvalue weighted by Gasteiger charge is 2.25. The first-order valence-corrected chi connectivity index (χ1v) is 9.16. The summed E-state index contributed by atoms with van der Waals surface area (Å²) in [5, 5.41) is 25.4. The van der Waals surface area contributed by atoms with Crippen LogP contribution in [-0.4, -0.2) is 51.6 Å². The van der Waals surface area contributed by atoms with E-state index in [-0.39, 0.29) is 17.6 Å². The Labute approximate surface area is 160 Å². The first-order valence-electron chi connectivity index (χ1n) is 9.16. The third-order valence-corrected chi connectivity index (χ3v) is 4.17. The van der Waals surface area contributed by atoms with Gasteiger partial charge in [0.25, 0.3) is 5.91 Å². The van der Waals surface area contributed by atoms with Gasteiger partial charge in [-0.2, -0.15) is 0 Å². The van der Waals surface area contributed by atoms with Crippen LogP contribution >= 0.6 is 0 Å². The second-order valence-corrected chi connectivity index (χ2v) is 7.01. The molecule has 1 amide bonds. The zero-order chi connectivity index (χ0) is 19.6. The Morgan fingerprint density at radius 3 is 2.52 bits per heavy atom. The first kappa shape index (κ1) is 21.0. The Balaban J connectivity index is 2.05. The smallest absolute Gasteiger partial charge is 0.426 e. The van der Waals surface area contributed by atoms with Crippen LogP contribution in [0, 0.1) is 5.92 Å². The van der Waals surface area contributed by atoms with Gasteiger partial charge in [-0.15, -0.1) is 0 Å². The largest absolute Gasteiger partial charge is 0.469 e. The molecule has 0 fully saturated rings. The van der Waals surface area contributed by atoms with Crippen LogP contribution in [0.2, 0.25) is 0 Å². The maximum absolute atomic E-state index is 12.5. The van der Waals surface area contributed by atoms with Crippen LogP contribution in [-0.2, 0) is 6.42 Å². The molecule has 0 radical (unpaired) electrons. The van der Waals surface area contributed by atoms with Crippen LogP contribution in [0.3, 0.4) is 0 Å². The Bertz CT molecular complexity index is 686. The number of nitrogens with one attached hydrogen (secondary N) is 2. The second-order valence-electron chi connectivity index (χ2n) is 7.01. The normalized spacial score (nSPS) is 13.2. The highest BCUT2D eigenvalue weighted by Crippen LogP contribution is 2.08. The summed E-state index contributed by atoms with van der Waals surface area (Å²) in [5.74, 6) is -0.460. The van der Waals surface area contributed by atoms with Crippen LogP contribution in [0.15, 0.2) is 48.9 Å². The number of aromatic nitrogens is 2. The molecule has 7 nitrogen and oxygen atoms in total. The molecule has 8 heteroatoms. The van der Waals surface area contributed by atoms with Gasteiger partial charge in [-0.3, -0.25) is 9.78 Å². The molecule has 0 bridgehead atoms. The molecule has 27 heavy (non-hydrogen) atoms. The van der Waals surface area contributed by atoms with Crippen LogP contribution < -0.4 is 10.6 Å². The van der Waals surface area contributed by atoms with Gasteiger partial charge in [0.1, 0.15) is 5.69 Å². The van der Waals surface area contributed by atoms with Gasteiger partial charge in [-0.1, -0.05) is 44.2 Å². The number of hydrogen-bond donors (Lipinski definition) is 4. The Hall–Kier alpha value is -2.29. The molecule has 0 aliphatic carbocycles. The van der Waals surface area contributed by atoms with Crippen molar-refractivity contribution in [3.05, 3.63) is 60.2 Å². The SMILES string of the molecule is CC(C)C[C@H](NC[C@H](Cc1ccccc1)NC(=O)c1cnccn1)B(O)O. The third kappa shape index (κ3) is 7.46. The maximum atomic E-state index is 12.5. The summed E-state index contributed by atoms with van der Waals surface area (Å²) in [6, 6.07) is 9.58. The van der Waals surface area contributed by atoms with E-state index in [4.69, 9.17) is 0 Å². The predicted octanol–water partition coefficient (Wildman–Crippen LogP) is 0.834. The van der Waals surface area contributed by atoms with Crippen molar-refractivity contribution in [1.29, 1.82) is 0 Å². The third-order valence-electron chi connectivity index (χ3n) is 4.17. The van der Waals surface area contributed by atoms with Crippen LogP contribution in [0.5, 0.6) is 0 Å². The maximum Gasteiger partial charge on any atom is 0.469 e. The summed E-state index contributed by atoms with van der Waals surface area (Å²) in [6.07, 6.45) is 5.63. The molecular weight excluding hydrogens is 343 g/mol. The zero-order valence-electron chi connectivity index (χ0n) is 15.7. The molecule has 1 aromatic heterocycles. The Morgan fingerprint density at radius 1 is 1.19 bits per heavy atom. The van der Waals surface area contributed by atoms with Gasteiger partial charge in [0.05, 0.1) is 6.20 Å². The average Bonchev–Trinajstić information content (AvgIpc) is 2.66. The summed E-state index contributed by atoms with van der Waals surface area (Å²) < 4.78 is 0. The van der Waals surface area contributed by atoms with Crippen molar-refractivity contribution in [3.63, 3.8) is 0 Å². The monoisotopic (exact) mass is 370 g/mol. The van der Waals surface area contributed by atoms with Gasteiger partial charge < -0.3 is 20.7 Å². The molecule has 1 heterocycles. The molecule has 4 N–H and O–H groups in total. The fraction of sp³-hybridized carbons (Fsp3) is 0.421. The van der Waals surface area contributed by atoms with E-state index in [2.05, 4.69) is 20.6 Å². The highest BCUT2D eigenvalue weighted by molar-refractivity contribution is 6.43. The van der Waals surface area contributed by atoms with Gasteiger partial charge in [0, 0.05) is 30.9 Å². The van der Waals surface area contributed by atoms with Gasteiger partial charge in [-0.25, -0.2) is 4.98 Å². The highest BCUT2D eigenvalue weighted by atomic mass is 16.4. The number of amides is 1. The van der Waals surface area contributed by atoms with Crippen LogP contribution in [0.1, 0.15) is 36.3 Å². The quantitative estimate of drug-likeness (QED) is 0.462. The molecule has 1 aromatic carbocycles. The topological polar surface area (TPSA) is 107 Å². The average molecular weight is 370 g/mol. The number of carbonyl (C=O) groups is 1. The van der Waals surface area contributed by atoms with Crippen molar-refractivity contribution >= 4 is 13.0 Å². The van der Waals surface area contributed by atoms with Gasteiger partial charge in [0.2, 0.25) is 0 Å². The Kier molecular flexibility index (Phi) is 8.38. The molecule has 0 saturated heterocycles. The van der Waals surface area contributed by atoms with Gasteiger partial charge >= 0.3 is 7.12 Å². The molecule has 2 atom stereocenters. The van der Waals surface area contributed by atoms with Crippen molar-refractivity contribution in [2.24, 2.45) is 5.92 Å². The number of nitrogens with zero attached hydrogens (tertiary/aromatic N) is 2. The van der Waals surface area contributed by atoms with Gasteiger partial charge in [-0.05, 0) is 24.3 Å². The first-order chi connectivity index (χ1) is 13.0. The molecule has 0 unspecified atom stereocenters. The zero-order valence-corrected chi connectivity index (χ0v) is 15.7. The molecule has 144 valence electrons. The van der Waals surface area contributed by atoms with E-state index in [9.17, 15) is 14.8 Å². The predicted molar refractivity (Wildman–Crippen MR) is 105 cm³/mol. The van der Waals surface area contributed by atoms with E-state index in [1.165, 1.54) is 18.6 Å². The fourth-order valence-corrected chi connectivity index (χ4v) is 2.86. The second kappa shape index (κ2) is 10.8. The molecule has 2 aromatic rings. The van der Waals surface area contributed by atoms with Crippen LogP contribution in [0.4, 0.5) is 0 Å². The van der Waals surface area contributed by atoms with Crippen molar-refractivity contribution in [1.82, 2.24) is 20.6 Å². The lowest BCUT2D eigenvalue weighted by Gasteiger charge is -2.24. The van der Waals surface area contributed by atoms with Crippen molar-refractivity contribution in [3.8, 4) is 0 Å². The minimum Gasteiger partial charge on any atom is -0.426 e. The molecule has 0 aliphatic rings. The number of carbonyl (C=O) groups excluding carboxylic acids is 1. The summed E-state index contributed by atoms with van der Waals surface area (Å²) >= 11 is 0. The van der Waals surface area contributed by atoms with E-state index in [0.717, 1.165) is 5.56 Å². The van der Waals surface area contributed by atoms with E-state index in [0.29, 0.717) is 25.3 Å². The minimum atomic E-state index is -1.46. The fourth-order valence-electron chi connectivity index (χ4n) is 2.86. The summed E-state index contributed by atoms with van der Waals surface area (Å²) in [5.41, 5.74) is 1.32. The molecule has 0 spiro atoms. The summed E-state index contributed by atoms with van der Waals surface area (Å²) in [4.78, 5) is 20.4. The molecule has 0 aliphatic heterocycles. The van der Waals surface area contributed by atoms with Crippen molar-refractivity contribution in [2.75, 3.05) is 6.54 Å². The Morgan fingerprint density at radius 2 is 1.93 bits per heavy atom. The number of hydrogen-bond acceptors (Lipinski definition) is 6. The number of rotatable bonds is 10. The van der Waals surface area contributed by atoms with E-state index in [1.54, 1.807) is 0 Å². The molecule has 2 rings (SSSR count). The number of benzene rings is 1. The summed E-state index contributed by atoms with van der Waals surface area (Å²) in [6.45, 7) is 4.44. The molecule has 0 saturated carbocycles.